The highest BCUT2D eigenvalue weighted by atomic mass is 35.5. The summed E-state index contributed by atoms with van der Waals surface area (Å²) in [4.78, 5) is 31.5. The third-order valence-electron chi connectivity index (χ3n) is 5.50. The van der Waals surface area contributed by atoms with Crippen LogP contribution in [0, 0.1) is 6.92 Å². The molecule has 1 unspecified atom stereocenters. The normalized spacial score (nSPS) is 16.3. The number of carbonyl (C=O) groups excluding carboxylic acids is 2. The molecule has 0 radical (unpaired) electrons. The van der Waals surface area contributed by atoms with Crippen LogP contribution in [-0.4, -0.2) is 22.8 Å². The second kappa shape index (κ2) is 8.47. The van der Waals surface area contributed by atoms with Crippen molar-refractivity contribution < 1.29 is 9.59 Å². The number of fused-ring (bicyclic) bond motifs is 1. The molecule has 1 atom stereocenters. The van der Waals surface area contributed by atoms with Crippen LogP contribution in [0.1, 0.15) is 17.5 Å². The number of aryl methyl sites for hydroxylation is 1. The summed E-state index contributed by atoms with van der Waals surface area (Å²) in [5.41, 5.74) is 4.67. The van der Waals surface area contributed by atoms with Gasteiger partial charge in [-0.1, -0.05) is 29.8 Å². The van der Waals surface area contributed by atoms with E-state index in [9.17, 15) is 9.59 Å². The molecule has 0 bridgehead atoms. The van der Waals surface area contributed by atoms with Gasteiger partial charge in [0.25, 0.3) is 5.91 Å². The first-order valence-electron chi connectivity index (χ1n) is 10.3. The number of anilines is 1. The molecule has 1 saturated heterocycles. The molecule has 5 nitrogen and oxygen atoms in total. The smallest absolute Gasteiger partial charge is 0.251 e. The number of aromatic nitrogens is 1. The van der Waals surface area contributed by atoms with Gasteiger partial charge < -0.3 is 5.32 Å². The fourth-order valence-electron chi connectivity index (χ4n) is 3.86. The summed E-state index contributed by atoms with van der Waals surface area (Å²) in [6.07, 6.45) is 0.137. The van der Waals surface area contributed by atoms with Gasteiger partial charge in [-0.15, -0.1) is 11.3 Å². The molecule has 1 aromatic heterocycles. The number of amides is 2. The summed E-state index contributed by atoms with van der Waals surface area (Å²) in [5, 5.41) is 4.74. The molecule has 1 aliphatic heterocycles. The van der Waals surface area contributed by atoms with Crippen LogP contribution in [0.2, 0.25) is 5.02 Å². The Morgan fingerprint density at radius 2 is 1.91 bits per heavy atom. The van der Waals surface area contributed by atoms with Crippen molar-refractivity contribution >= 4 is 50.7 Å². The number of carbonyl (C=O) groups is 2. The van der Waals surface area contributed by atoms with Crippen molar-refractivity contribution in [1.82, 2.24) is 10.3 Å². The van der Waals surface area contributed by atoms with Gasteiger partial charge in [0.15, 0.2) is 0 Å². The maximum absolute atomic E-state index is 12.9. The van der Waals surface area contributed by atoms with Crippen molar-refractivity contribution in [1.29, 1.82) is 0 Å². The minimum atomic E-state index is -0.548. The van der Waals surface area contributed by atoms with Crippen molar-refractivity contribution in [2.45, 2.75) is 25.9 Å². The molecular weight excluding hydrogens is 442 g/mol. The summed E-state index contributed by atoms with van der Waals surface area (Å²) in [6, 6.07) is 20.5. The van der Waals surface area contributed by atoms with Gasteiger partial charge >= 0.3 is 0 Å². The lowest BCUT2D eigenvalue weighted by molar-refractivity contribution is -0.121. The minimum absolute atomic E-state index is 0.137. The molecule has 2 heterocycles. The van der Waals surface area contributed by atoms with E-state index in [1.807, 2.05) is 48.5 Å². The molecule has 0 spiro atoms. The highest BCUT2D eigenvalue weighted by molar-refractivity contribution is 7.21. The first-order valence-corrected chi connectivity index (χ1v) is 11.5. The van der Waals surface area contributed by atoms with Crippen LogP contribution < -0.4 is 10.2 Å². The monoisotopic (exact) mass is 461 g/mol. The van der Waals surface area contributed by atoms with E-state index < -0.39 is 6.04 Å². The molecule has 3 aromatic carbocycles. The number of nitrogens with one attached hydrogen (secondary N) is 1. The summed E-state index contributed by atoms with van der Waals surface area (Å²) in [6.45, 7) is 2.53. The number of hydrogen-bond acceptors (Lipinski definition) is 5. The third kappa shape index (κ3) is 4.05. The Balaban J connectivity index is 1.31. The molecule has 1 fully saturated rings. The molecular formula is C25H20ClN3O2S. The lowest BCUT2D eigenvalue weighted by Gasteiger charge is -2.16. The topological polar surface area (TPSA) is 62.3 Å². The Labute approximate surface area is 194 Å². The SMILES string of the molecule is Cc1ccc2nc(-c3ccc(N4C(=O)CC(NCc5cccc(Cl)c5)C4=O)cc3)sc2c1. The summed E-state index contributed by atoms with van der Waals surface area (Å²) >= 11 is 7.65. The Kier molecular flexibility index (Phi) is 5.51. The molecule has 2 amide bonds. The molecule has 0 saturated carbocycles. The number of benzene rings is 3. The molecule has 7 heteroatoms. The summed E-state index contributed by atoms with van der Waals surface area (Å²) in [7, 11) is 0. The summed E-state index contributed by atoms with van der Waals surface area (Å²) in [5.74, 6) is -0.443. The minimum Gasteiger partial charge on any atom is -0.301 e. The third-order valence-corrected chi connectivity index (χ3v) is 6.81. The van der Waals surface area contributed by atoms with Crippen LogP contribution in [0.15, 0.2) is 66.7 Å². The predicted molar refractivity (Wildman–Crippen MR) is 129 cm³/mol. The first kappa shape index (κ1) is 20.8. The van der Waals surface area contributed by atoms with Crippen molar-refractivity contribution in [2.24, 2.45) is 0 Å². The average Bonchev–Trinajstić information content (AvgIpc) is 3.32. The van der Waals surface area contributed by atoms with E-state index in [-0.39, 0.29) is 18.2 Å². The van der Waals surface area contributed by atoms with Gasteiger partial charge in [-0.3, -0.25) is 9.59 Å². The zero-order valence-electron chi connectivity index (χ0n) is 17.3. The molecule has 0 aliphatic carbocycles. The van der Waals surface area contributed by atoms with Gasteiger partial charge in [0.1, 0.15) is 5.01 Å². The maximum atomic E-state index is 12.9. The van der Waals surface area contributed by atoms with Gasteiger partial charge in [0.05, 0.1) is 28.4 Å². The van der Waals surface area contributed by atoms with E-state index in [0.29, 0.717) is 17.3 Å². The molecule has 160 valence electrons. The van der Waals surface area contributed by atoms with Crippen LogP contribution >= 0.6 is 22.9 Å². The fraction of sp³-hybridized carbons (Fsp3) is 0.160. The number of rotatable bonds is 5. The van der Waals surface area contributed by atoms with Gasteiger partial charge in [0.2, 0.25) is 5.91 Å². The highest BCUT2D eigenvalue weighted by Gasteiger charge is 2.39. The van der Waals surface area contributed by atoms with Crippen LogP contribution in [0.25, 0.3) is 20.8 Å². The first-order chi connectivity index (χ1) is 15.5. The van der Waals surface area contributed by atoms with Crippen LogP contribution in [0.4, 0.5) is 5.69 Å². The highest BCUT2D eigenvalue weighted by Crippen LogP contribution is 2.32. The van der Waals surface area contributed by atoms with Crippen molar-refractivity contribution in [3.63, 3.8) is 0 Å². The zero-order valence-corrected chi connectivity index (χ0v) is 18.9. The number of halogens is 1. The van der Waals surface area contributed by atoms with Gasteiger partial charge in [-0.25, -0.2) is 9.88 Å². The number of imide groups is 1. The number of thiazole rings is 1. The van der Waals surface area contributed by atoms with Crippen LogP contribution in [0.5, 0.6) is 0 Å². The number of nitrogens with zero attached hydrogens (tertiary/aromatic N) is 2. The van der Waals surface area contributed by atoms with Crippen LogP contribution in [0.3, 0.4) is 0 Å². The fourth-order valence-corrected chi connectivity index (χ4v) is 5.14. The largest absolute Gasteiger partial charge is 0.301 e. The molecule has 1 N–H and O–H groups in total. The van der Waals surface area contributed by atoms with E-state index in [0.717, 1.165) is 26.4 Å². The number of hydrogen-bond donors (Lipinski definition) is 1. The lowest BCUT2D eigenvalue weighted by atomic mass is 10.2. The molecule has 1 aliphatic rings. The molecule has 32 heavy (non-hydrogen) atoms. The molecule has 4 aromatic rings. The summed E-state index contributed by atoms with van der Waals surface area (Å²) < 4.78 is 1.14. The Morgan fingerprint density at radius 1 is 1.09 bits per heavy atom. The van der Waals surface area contributed by atoms with Gasteiger partial charge in [-0.2, -0.15) is 0 Å². The van der Waals surface area contributed by atoms with E-state index in [4.69, 9.17) is 16.6 Å². The van der Waals surface area contributed by atoms with Crippen LogP contribution in [-0.2, 0) is 16.1 Å². The van der Waals surface area contributed by atoms with Crippen molar-refractivity contribution in [3.05, 3.63) is 82.9 Å². The maximum Gasteiger partial charge on any atom is 0.251 e. The van der Waals surface area contributed by atoms with Crippen molar-refractivity contribution in [3.8, 4) is 10.6 Å². The van der Waals surface area contributed by atoms with E-state index in [1.165, 1.54) is 10.5 Å². The Bertz CT molecular complexity index is 1330. The van der Waals surface area contributed by atoms with Crippen molar-refractivity contribution in [2.75, 3.05) is 4.90 Å². The molecule has 5 rings (SSSR count). The Morgan fingerprint density at radius 3 is 2.69 bits per heavy atom. The van der Waals surface area contributed by atoms with Gasteiger partial charge in [-0.05, 0) is 66.6 Å². The van der Waals surface area contributed by atoms with E-state index in [1.54, 1.807) is 17.4 Å². The quantitative estimate of drug-likeness (QED) is 0.407. The Hall–Kier alpha value is -3.06. The standard InChI is InChI=1S/C25H20ClN3O2S/c1-15-5-10-20-22(11-15)32-24(28-20)17-6-8-19(9-7-17)29-23(30)13-21(25(29)31)27-14-16-3-2-4-18(26)12-16/h2-12,21,27H,13-14H2,1H3. The van der Waals surface area contributed by atoms with Gasteiger partial charge in [0, 0.05) is 17.1 Å². The lowest BCUT2D eigenvalue weighted by Crippen LogP contribution is -2.38. The second-order valence-corrected chi connectivity index (χ2v) is 9.34. The zero-order chi connectivity index (χ0) is 22.2. The predicted octanol–water partition coefficient (Wildman–Crippen LogP) is 5.35. The van der Waals surface area contributed by atoms with E-state index >= 15 is 0 Å². The average molecular weight is 462 g/mol. The second-order valence-electron chi connectivity index (χ2n) is 7.87. The van der Waals surface area contributed by atoms with E-state index in [2.05, 4.69) is 24.4 Å².